The molecule has 0 bridgehead atoms. The molecular weight excluding hydrogens is 196 g/mol. The van der Waals surface area contributed by atoms with E-state index in [1.54, 1.807) is 6.92 Å². The number of rotatable bonds is 5. The van der Waals surface area contributed by atoms with Crippen LogP contribution in [0.15, 0.2) is 0 Å². The lowest BCUT2D eigenvalue weighted by Gasteiger charge is -2.11. The predicted molar refractivity (Wildman–Crippen MR) is 55.4 cm³/mol. The number of hydrogen-bond donors (Lipinski definition) is 3. The predicted octanol–water partition coefficient (Wildman–Crippen LogP) is -0.177. The van der Waals surface area contributed by atoms with Gasteiger partial charge in [-0.2, -0.15) is 0 Å². The van der Waals surface area contributed by atoms with Crippen LogP contribution < -0.4 is 10.6 Å². The third-order valence-electron chi connectivity index (χ3n) is 2.73. The molecule has 1 rings (SSSR count). The first-order valence-corrected chi connectivity index (χ1v) is 5.32. The Morgan fingerprint density at radius 1 is 1.60 bits per heavy atom. The Hall–Kier alpha value is -1.10. The SMILES string of the molecule is CC(CCNC(=O)C1CCNC1)C(=O)O. The van der Waals surface area contributed by atoms with Crippen LogP contribution in [-0.2, 0) is 9.59 Å². The van der Waals surface area contributed by atoms with Gasteiger partial charge in [0.1, 0.15) is 0 Å². The van der Waals surface area contributed by atoms with Crippen molar-refractivity contribution in [2.24, 2.45) is 11.8 Å². The Labute approximate surface area is 89.2 Å². The Bertz CT molecular complexity index is 237. The summed E-state index contributed by atoms with van der Waals surface area (Å²) in [5.74, 6) is -1.11. The first-order valence-electron chi connectivity index (χ1n) is 5.32. The second-order valence-electron chi connectivity index (χ2n) is 4.01. The maximum Gasteiger partial charge on any atom is 0.306 e. The number of hydrogen-bond acceptors (Lipinski definition) is 3. The molecule has 1 fully saturated rings. The Balaban J connectivity index is 2.14. The molecule has 5 heteroatoms. The standard InChI is InChI=1S/C10H18N2O3/c1-7(10(14)15)2-5-12-9(13)8-3-4-11-6-8/h7-8,11H,2-6H2,1H3,(H,12,13)(H,14,15). The topological polar surface area (TPSA) is 78.4 Å². The van der Waals surface area contributed by atoms with Crippen molar-refractivity contribution in [3.8, 4) is 0 Å². The number of amides is 1. The summed E-state index contributed by atoms with van der Waals surface area (Å²) in [5.41, 5.74) is 0. The molecule has 0 aliphatic carbocycles. The number of nitrogens with one attached hydrogen (secondary N) is 2. The zero-order chi connectivity index (χ0) is 11.3. The third-order valence-corrected chi connectivity index (χ3v) is 2.73. The van der Waals surface area contributed by atoms with Gasteiger partial charge in [0.2, 0.25) is 5.91 Å². The van der Waals surface area contributed by atoms with E-state index in [0.717, 1.165) is 19.5 Å². The zero-order valence-electron chi connectivity index (χ0n) is 8.95. The summed E-state index contributed by atoms with van der Waals surface area (Å²) >= 11 is 0. The lowest BCUT2D eigenvalue weighted by atomic mass is 10.1. The maximum absolute atomic E-state index is 11.5. The molecule has 0 aromatic rings. The molecule has 1 aliphatic heterocycles. The van der Waals surface area contributed by atoms with Crippen molar-refractivity contribution in [3.05, 3.63) is 0 Å². The van der Waals surface area contributed by atoms with E-state index >= 15 is 0 Å². The molecule has 0 aromatic heterocycles. The number of carboxylic acid groups (broad SMARTS) is 1. The molecule has 2 unspecified atom stereocenters. The van der Waals surface area contributed by atoms with Gasteiger partial charge in [0.15, 0.2) is 0 Å². The van der Waals surface area contributed by atoms with Gasteiger partial charge in [-0.05, 0) is 19.4 Å². The summed E-state index contributed by atoms with van der Waals surface area (Å²) in [5, 5.41) is 14.5. The monoisotopic (exact) mass is 214 g/mol. The van der Waals surface area contributed by atoms with Crippen molar-refractivity contribution in [3.63, 3.8) is 0 Å². The third kappa shape index (κ3) is 3.87. The van der Waals surface area contributed by atoms with E-state index in [1.165, 1.54) is 0 Å². The number of carbonyl (C=O) groups is 2. The van der Waals surface area contributed by atoms with Crippen molar-refractivity contribution in [1.82, 2.24) is 10.6 Å². The highest BCUT2D eigenvalue weighted by atomic mass is 16.4. The highest BCUT2D eigenvalue weighted by molar-refractivity contribution is 5.79. The first-order chi connectivity index (χ1) is 7.11. The highest BCUT2D eigenvalue weighted by Crippen LogP contribution is 2.07. The number of aliphatic carboxylic acids is 1. The van der Waals surface area contributed by atoms with Crippen molar-refractivity contribution in [1.29, 1.82) is 0 Å². The Kier molecular flexibility index (Phi) is 4.55. The molecule has 2 atom stereocenters. The summed E-state index contributed by atoms with van der Waals surface area (Å²) in [4.78, 5) is 22.0. The molecule has 86 valence electrons. The van der Waals surface area contributed by atoms with Gasteiger partial charge in [-0.1, -0.05) is 6.92 Å². The molecule has 1 amide bonds. The van der Waals surface area contributed by atoms with Crippen LogP contribution in [0.2, 0.25) is 0 Å². The van der Waals surface area contributed by atoms with Crippen molar-refractivity contribution in [2.45, 2.75) is 19.8 Å². The van der Waals surface area contributed by atoms with Crippen LogP contribution >= 0.6 is 0 Å². The largest absolute Gasteiger partial charge is 0.481 e. The van der Waals surface area contributed by atoms with Crippen molar-refractivity contribution >= 4 is 11.9 Å². The van der Waals surface area contributed by atoms with E-state index in [1.807, 2.05) is 0 Å². The molecule has 5 nitrogen and oxygen atoms in total. The van der Waals surface area contributed by atoms with Gasteiger partial charge in [0.25, 0.3) is 0 Å². The Morgan fingerprint density at radius 2 is 2.33 bits per heavy atom. The van der Waals surface area contributed by atoms with Gasteiger partial charge >= 0.3 is 5.97 Å². The lowest BCUT2D eigenvalue weighted by Crippen LogP contribution is -2.33. The Morgan fingerprint density at radius 3 is 2.87 bits per heavy atom. The van der Waals surface area contributed by atoms with Crippen LogP contribution in [0.3, 0.4) is 0 Å². The van der Waals surface area contributed by atoms with Gasteiger partial charge in [0, 0.05) is 13.1 Å². The quantitative estimate of drug-likeness (QED) is 0.593. The highest BCUT2D eigenvalue weighted by Gasteiger charge is 2.22. The fourth-order valence-corrected chi connectivity index (χ4v) is 1.56. The van der Waals surface area contributed by atoms with E-state index in [9.17, 15) is 9.59 Å². The molecule has 0 spiro atoms. The number of carboxylic acids is 1. The minimum atomic E-state index is -0.813. The van der Waals surface area contributed by atoms with E-state index in [2.05, 4.69) is 10.6 Å². The normalized spacial score (nSPS) is 22.3. The fraction of sp³-hybridized carbons (Fsp3) is 0.800. The summed E-state index contributed by atoms with van der Waals surface area (Å²) in [6.45, 7) is 3.72. The minimum absolute atomic E-state index is 0.0394. The van der Waals surface area contributed by atoms with Crippen LogP contribution in [0, 0.1) is 11.8 Å². The summed E-state index contributed by atoms with van der Waals surface area (Å²) < 4.78 is 0. The van der Waals surface area contributed by atoms with Crippen LogP contribution in [0.5, 0.6) is 0 Å². The zero-order valence-corrected chi connectivity index (χ0v) is 8.95. The molecule has 15 heavy (non-hydrogen) atoms. The van der Waals surface area contributed by atoms with Crippen LogP contribution in [-0.4, -0.2) is 36.6 Å². The fourth-order valence-electron chi connectivity index (χ4n) is 1.56. The molecule has 1 heterocycles. The minimum Gasteiger partial charge on any atom is -0.481 e. The summed E-state index contributed by atoms with van der Waals surface area (Å²) in [7, 11) is 0. The average Bonchev–Trinajstić information content (AvgIpc) is 2.70. The van der Waals surface area contributed by atoms with Gasteiger partial charge in [-0.3, -0.25) is 9.59 Å². The van der Waals surface area contributed by atoms with Crippen molar-refractivity contribution in [2.75, 3.05) is 19.6 Å². The van der Waals surface area contributed by atoms with Gasteiger partial charge in [0.05, 0.1) is 11.8 Å². The van der Waals surface area contributed by atoms with E-state index < -0.39 is 11.9 Å². The second-order valence-corrected chi connectivity index (χ2v) is 4.01. The molecular formula is C10H18N2O3. The van der Waals surface area contributed by atoms with Gasteiger partial charge in [-0.25, -0.2) is 0 Å². The van der Waals surface area contributed by atoms with E-state index in [4.69, 9.17) is 5.11 Å². The first kappa shape index (κ1) is 12.0. The molecule has 3 N–H and O–H groups in total. The second kappa shape index (κ2) is 5.70. The molecule has 0 saturated carbocycles. The summed E-state index contributed by atoms with van der Waals surface area (Å²) in [6.07, 6.45) is 1.36. The van der Waals surface area contributed by atoms with Crippen LogP contribution in [0.25, 0.3) is 0 Å². The smallest absolute Gasteiger partial charge is 0.306 e. The summed E-state index contributed by atoms with van der Waals surface area (Å²) in [6, 6.07) is 0. The lowest BCUT2D eigenvalue weighted by molar-refractivity contribution is -0.141. The molecule has 0 aromatic carbocycles. The van der Waals surface area contributed by atoms with E-state index in [0.29, 0.717) is 13.0 Å². The van der Waals surface area contributed by atoms with Crippen molar-refractivity contribution < 1.29 is 14.7 Å². The number of carbonyl (C=O) groups excluding carboxylic acids is 1. The van der Waals surface area contributed by atoms with Crippen LogP contribution in [0.4, 0.5) is 0 Å². The van der Waals surface area contributed by atoms with E-state index in [-0.39, 0.29) is 11.8 Å². The molecule has 0 radical (unpaired) electrons. The van der Waals surface area contributed by atoms with Crippen LogP contribution in [0.1, 0.15) is 19.8 Å². The average molecular weight is 214 g/mol. The molecule has 1 aliphatic rings. The van der Waals surface area contributed by atoms with Gasteiger partial charge < -0.3 is 15.7 Å². The maximum atomic E-state index is 11.5. The van der Waals surface area contributed by atoms with Gasteiger partial charge in [-0.15, -0.1) is 0 Å². The molecule has 1 saturated heterocycles.